The van der Waals surface area contributed by atoms with Crippen molar-refractivity contribution in [1.82, 2.24) is 5.32 Å². The Bertz CT molecular complexity index is 412. The maximum Gasteiger partial charge on any atom is 0.123 e. The molecule has 2 nitrogen and oxygen atoms in total. The molecule has 0 amide bonds. The van der Waals surface area contributed by atoms with Crippen LogP contribution in [0.1, 0.15) is 50.3 Å². The average molecular weight is 261 g/mol. The van der Waals surface area contributed by atoms with E-state index in [1.54, 1.807) is 7.11 Å². The fourth-order valence-corrected chi connectivity index (χ4v) is 2.15. The number of methoxy groups -OCH3 is 1. The van der Waals surface area contributed by atoms with E-state index in [2.05, 4.69) is 50.9 Å². The van der Waals surface area contributed by atoms with Crippen LogP contribution in [-0.2, 0) is 0 Å². The van der Waals surface area contributed by atoms with Gasteiger partial charge in [0.2, 0.25) is 0 Å². The van der Waals surface area contributed by atoms with Crippen LogP contribution in [-0.4, -0.2) is 13.7 Å². The number of rotatable bonds is 8. The van der Waals surface area contributed by atoms with Crippen molar-refractivity contribution >= 4 is 0 Å². The van der Waals surface area contributed by atoms with E-state index in [4.69, 9.17) is 4.74 Å². The Morgan fingerprint density at radius 3 is 2.68 bits per heavy atom. The van der Waals surface area contributed by atoms with Crippen molar-refractivity contribution in [2.24, 2.45) is 0 Å². The van der Waals surface area contributed by atoms with Crippen LogP contribution in [0.2, 0.25) is 0 Å². The molecule has 0 aliphatic carbocycles. The van der Waals surface area contributed by atoms with Gasteiger partial charge < -0.3 is 10.1 Å². The Hall–Kier alpha value is -1.28. The smallest absolute Gasteiger partial charge is 0.123 e. The quantitative estimate of drug-likeness (QED) is 0.700. The number of benzene rings is 1. The SMILES string of the molecule is C=C(CC)CC(NCCC)c1ccc(C)cc1OC. The van der Waals surface area contributed by atoms with Crippen LogP contribution >= 0.6 is 0 Å². The summed E-state index contributed by atoms with van der Waals surface area (Å²) < 4.78 is 5.53. The molecule has 1 unspecified atom stereocenters. The Morgan fingerprint density at radius 2 is 2.11 bits per heavy atom. The molecule has 0 saturated heterocycles. The highest BCUT2D eigenvalue weighted by molar-refractivity contribution is 5.39. The third-order valence-electron chi connectivity index (χ3n) is 3.40. The van der Waals surface area contributed by atoms with Crippen molar-refractivity contribution in [2.75, 3.05) is 13.7 Å². The van der Waals surface area contributed by atoms with Crippen LogP contribution in [0.3, 0.4) is 0 Å². The minimum atomic E-state index is 0.294. The molecule has 106 valence electrons. The van der Waals surface area contributed by atoms with Gasteiger partial charge in [-0.15, -0.1) is 0 Å². The molecule has 0 fully saturated rings. The van der Waals surface area contributed by atoms with Crippen molar-refractivity contribution in [3.63, 3.8) is 0 Å². The topological polar surface area (TPSA) is 21.3 Å². The van der Waals surface area contributed by atoms with Gasteiger partial charge >= 0.3 is 0 Å². The summed E-state index contributed by atoms with van der Waals surface area (Å²) in [5, 5.41) is 3.60. The largest absolute Gasteiger partial charge is 0.496 e. The van der Waals surface area contributed by atoms with Gasteiger partial charge in [0.25, 0.3) is 0 Å². The van der Waals surface area contributed by atoms with E-state index in [1.807, 2.05) is 0 Å². The molecule has 1 N–H and O–H groups in total. The molecule has 1 atom stereocenters. The standard InChI is InChI=1S/C17H27NO/c1-6-10-18-16(11-13(3)7-2)15-9-8-14(4)12-17(15)19-5/h8-9,12,16,18H,3,6-7,10-11H2,1-2,4-5H3. The summed E-state index contributed by atoms with van der Waals surface area (Å²) in [5.41, 5.74) is 3.73. The average Bonchev–Trinajstić information content (AvgIpc) is 2.43. The highest BCUT2D eigenvalue weighted by Crippen LogP contribution is 2.30. The van der Waals surface area contributed by atoms with Crippen molar-refractivity contribution in [2.45, 2.75) is 46.1 Å². The van der Waals surface area contributed by atoms with Gasteiger partial charge in [-0.1, -0.05) is 38.1 Å². The van der Waals surface area contributed by atoms with Crippen molar-refractivity contribution < 1.29 is 4.74 Å². The van der Waals surface area contributed by atoms with Gasteiger partial charge in [-0.2, -0.15) is 0 Å². The molecule has 0 aliphatic rings. The molecule has 1 rings (SSSR count). The third kappa shape index (κ3) is 4.71. The summed E-state index contributed by atoms with van der Waals surface area (Å²) in [6, 6.07) is 6.71. The first-order valence-electron chi connectivity index (χ1n) is 7.16. The van der Waals surface area contributed by atoms with E-state index in [1.165, 1.54) is 16.7 Å². The number of aryl methyl sites for hydroxylation is 1. The molecule has 2 heteroatoms. The van der Waals surface area contributed by atoms with Crippen molar-refractivity contribution in [3.05, 3.63) is 41.5 Å². The molecule has 0 aromatic heterocycles. The van der Waals surface area contributed by atoms with Crippen molar-refractivity contribution in [1.29, 1.82) is 0 Å². The van der Waals surface area contributed by atoms with Gasteiger partial charge in [-0.25, -0.2) is 0 Å². The van der Waals surface area contributed by atoms with Gasteiger partial charge in [0.15, 0.2) is 0 Å². The molecule has 0 heterocycles. The van der Waals surface area contributed by atoms with Gasteiger partial charge in [-0.3, -0.25) is 0 Å². The Kier molecular flexibility index (Phi) is 6.65. The first-order valence-corrected chi connectivity index (χ1v) is 7.16. The normalized spacial score (nSPS) is 12.2. The molecular formula is C17H27NO. The molecule has 0 bridgehead atoms. The predicted molar refractivity (Wildman–Crippen MR) is 82.8 cm³/mol. The summed E-state index contributed by atoms with van der Waals surface area (Å²) in [7, 11) is 1.74. The second-order valence-corrected chi connectivity index (χ2v) is 5.06. The maximum absolute atomic E-state index is 5.53. The lowest BCUT2D eigenvalue weighted by Gasteiger charge is -2.22. The number of hydrogen-bond acceptors (Lipinski definition) is 2. The number of hydrogen-bond donors (Lipinski definition) is 1. The molecule has 0 saturated carbocycles. The van der Waals surface area contributed by atoms with Gasteiger partial charge in [-0.05, 0) is 44.4 Å². The lowest BCUT2D eigenvalue weighted by atomic mass is 9.96. The second-order valence-electron chi connectivity index (χ2n) is 5.06. The first-order chi connectivity index (χ1) is 9.12. The summed E-state index contributed by atoms with van der Waals surface area (Å²) in [4.78, 5) is 0. The van der Waals surface area contributed by atoms with Gasteiger partial charge in [0.05, 0.1) is 7.11 Å². The maximum atomic E-state index is 5.53. The highest BCUT2D eigenvalue weighted by Gasteiger charge is 2.16. The zero-order chi connectivity index (χ0) is 14.3. The van der Waals surface area contributed by atoms with E-state index < -0.39 is 0 Å². The summed E-state index contributed by atoms with van der Waals surface area (Å²) in [6.07, 6.45) is 3.12. The molecule has 0 aliphatic heterocycles. The zero-order valence-corrected chi connectivity index (χ0v) is 12.8. The van der Waals surface area contributed by atoms with Crippen LogP contribution in [0.25, 0.3) is 0 Å². The summed E-state index contributed by atoms with van der Waals surface area (Å²) >= 11 is 0. The summed E-state index contributed by atoms with van der Waals surface area (Å²) in [5.74, 6) is 0.970. The molecule has 0 radical (unpaired) electrons. The van der Waals surface area contributed by atoms with Crippen LogP contribution < -0.4 is 10.1 Å². The van der Waals surface area contributed by atoms with Crippen LogP contribution in [0.5, 0.6) is 5.75 Å². The van der Waals surface area contributed by atoms with E-state index in [0.717, 1.165) is 31.6 Å². The van der Waals surface area contributed by atoms with E-state index >= 15 is 0 Å². The molecule has 19 heavy (non-hydrogen) atoms. The van der Waals surface area contributed by atoms with E-state index in [9.17, 15) is 0 Å². The van der Waals surface area contributed by atoms with Crippen molar-refractivity contribution in [3.8, 4) is 5.75 Å². The second kappa shape index (κ2) is 8.00. The van der Waals surface area contributed by atoms with Crippen LogP contribution in [0.4, 0.5) is 0 Å². The lowest BCUT2D eigenvalue weighted by Crippen LogP contribution is -2.23. The Morgan fingerprint density at radius 1 is 1.37 bits per heavy atom. The zero-order valence-electron chi connectivity index (χ0n) is 12.8. The first kappa shape index (κ1) is 15.8. The molecule has 1 aromatic rings. The van der Waals surface area contributed by atoms with E-state index in [0.29, 0.717) is 6.04 Å². The predicted octanol–water partition coefficient (Wildman–Crippen LogP) is 4.40. The lowest BCUT2D eigenvalue weighted by molar-refractivity contribution is 0.397. The number of ether oxygens (including phenoxy) is 1. The Labute approximate surface area is 117 Å². The fraction of sp³-hybridized carbons (Fsp3) is 0.529. The van der Waals surface area contributed by atoms with Crippen LogP contribution in [0.15, 0.2) is 30.4 Å². The minimum Gasteiger partial charge on any atom is -0.496 e. The van der Waals surface area contributed by atoms with Crippen LogP contribution in [0, 0.1) is 6.92 Å². The molecular weight excluding hydrogens is 234 g/mol. The van der Waals surface area contributed by atoms with Gasteiger partial charge in [0, 0.05) is 11.6 Å². The Balaban J connectivity index is 2.98. The summed E-state index contributed by atoms with van der Waals surface area (Å²) in [6.45, 7) is 11.6. The highest BCUT2D eigenvalue weighted by atomic mass is 16.5. The third-order valence-corrected chi connectivity index (χ3v) is 3.40. The van der Waals surface area contributed by atoms with Gasteiger partial charge in [0.1, 0.15) is 5.75 Å². The van der Waals surface area contributed by atoms with E-state index in [-0.39, 0.29) is 0 Å². The molecule has 0 spiro atoms. The fourth-order valence-electron chi connectivity index (χ4n) is 2.15. The number of nitrogens with one attached hydrogen (secondary N) is 1. The monoisotopic (exact) mass is 261 g/mol. The molecule has 1 aromatic carbocycles. The minimum absolute atomic E-state index is 0.294.